The maximum atomic E-state index is 8.80. The Morgan fingerprint density at radius 2 is 2.19 bits per heavy atom. The zero-order valence-corrected chi connectivity index (χ0v) is 11.2. The van der Waals surface area contributed by atoms with Gasteiger partial charge in [0, 0.05) is 11.9 Å². The van der Waals surface area contributed by atoms with Gasteiger partial charge >= 0.3 is 0 Å². The minimum atomic E-state index is 0.742. The highest BCUT2D eigenvalue weighted by Gasteiger charge is 2.00. The SMILES string of the molecule is CN(CCCCBr)Cc1cccc(C#N)c1. The molecule has 0 aliphatic rings. The summed E-state index contributed by atoms with van der Waals surface area (Å²) in [6.45, 7) is 2.01. The molecule has 0 aliphatic carbocycles. The lowest BCUT2D eigenvalue weighted by molar-refractivity contribution is 0.321. The van der Waals surface area contributed by atoms with Gasteiger partial charge in [0.15, 0.2) is 0 Å². The molecule has 0 unspecified atom stereocenters. The van der Waals surface area contributed by atoms with Crippen LogP contribution in [0.15, 0.2) is 24.3 Å². The number of hydrogen-bond acceptors (Lipinski definition) is 2. The Labute approximate surface area is 106 Å². The van der Waals surface area contributed by atoms with Gasteiger partial charge in [-0.2, -0.15) is 5.26 Å². The van der Waals surface area contributed by atoms with E-state index in [1.165, 1.54) is 18.4 Å². The van der Waals surface area contributed by atoms with Crippen molar-refractivity contribution >= 4 is 15.9 Å². The molecular weight excluding hydrogens is 264 g/mol. The quantitative estimate of drug-likeness (QED) is 0.591. The number of halogens is 1. The second kappa shape index (κ2) is 7.43. The molecule has 1 aromatic rings. The van der Waals surface area contributed by atoms with Gasteiger partial charge < -0.3 is 4.90 Å². The van der Waals surface area contributed by atoms with Gasteiger partial charge in [0.25, 0.3) is 0 Å². The summed E-state index contributed by atoms with van der Waals surface area (Å²) in [5.74, 6) is 0. The molecule has 0 heterocycles. The molecule has 0 N–H and O–H groups in total. The Morgan fingerprint density at radius 3 is 2.88 bits per heavy atom. The lowest BCUT2D eigenvalue weighted by atomic mass is 10.1. The van der Waals surface area contributed by atoms with E-state index in [4.69, 9.17) is 5.26 Å². The topological polar surface area (TPSA) is 27.0 Å². The van der Waals surface area contributed by atoms with Crippen molar-refractivity contribution in [2.75, 3.05) is 18.9 Å². The maximum absolute atomic E-state index is 8.80. The minimum Gasteiger partial charge on any atom is -0.302 e. The number of hydrogen-bond donors (Lipinski definition) is 0. The third kappa shape index (κ3) is 4.78. The summed E-state index contributed by atoms with van der Waals surface area (Å²) in [5, 5.41) is 9.87. The Morgan fingerprint density at radius 1 is 1.38 bits per heavy atom. The number of nitrogens with zero attached hydrogens (tertiary/aromatic N) is 2. The standard InChI is InChI=1S/C13H17BrN2/c1-16(8-3-2-7-14)11-13-6-4-5-12(9-13)10-15/h4-6,9H,2-3,7-8,11H2,1H3. The summed E-state index contributed by atoms with van der Waals surface area (Å²) in [4.78, 5) is 2.29. The second-order valence-electron chi connectivity index (χ2n) is 3.95. The largest absolute Gasteiger partial charge is 0.302 e. The third-order valence-electron chi connectivity index (χ3n) is 2.43. The fraction of sp³-hybridized carbons (Fsp3) is 0.462. The molecule has 0 radical (unpaired) electrons. The van der Waals surface area contributed by atoms with Crippen LogP contribution in [-0.2, 0) is 6.54 Å². The number of benzene rings is 1. The highest BCUT2D eigenvalue weighted by molar-refractivity contribution is 9.09. The first-order valence-corrected chi connectivity index (χ1v) is 6.62. The minimum absolute atomic E-state index is 0.742. The molecule has 0 aliphatic heterocycles. The average Bonchev–Trinajstić information content (AvgIpc) is 2.29. The van der Waals surface area contributed by atoms with Crippen LogP contribution in [0.1, 0.15) is 24.0 Å². The molecule has 0 aromatic heterocycles. The van der Waals surface area contributed by atoms with Gasteiger partial charge in [0.1, 0.15) is 0 Å². The van der Waals surface area contributed by atoms with Crippen molar-refractivity contribution in [2.45, 2.75) is 19.4 Å². The van der Waals surface area contributed by atoms with Crippen molar-refractivity contribution in [3.05, 3.63) is 35.4 Å². The van der Waals surface area contributed by atoms with Crippen LogP contribution in [0.5, 0.6) is 0 Å². The van der Waals surface area contributed by atoms with Crippen LogP contribution < -0.4 is 0 Å². The molecule has 0 atom stereocenters. The monoisotopic (exact) mass is 280 g/mol. The van der Waals surface area contributed by atoms with E-state index >= 15 is 0 Å². The second-order valence-corrected chi connectivity index (χ2v) is 4.74. The lowest BCUT2D eigenvalue weighted by Crippen LogP contribution is -2.19. The van der Waals surface area contributed by atoms with E-state index in [0.717, 1.165) is 24.0 Å². The van der Waals surface area contributed by atoms with Gasteiger partial charge in [-0.05, 0) is 44.1 Å². The van der Waals surface area contributed by atoms with E-state index in [-0.39, 0.29) is 0 Å². The van der Waals surface area contributed by atoms with Gasteiger partial charge in [-0.1, -0.05) is 28.1 Å². The van der Waals surface area contributed by atoms with Crippen molar-refractivity contribution < 1.29 is 0 Å². The third-order valence-corrected chi connectivity index (χ3v) is 2.99. The molecule has 0 saturated carbocycles. The van der Waals surface area contributed by atoms with E-state index < -0.39 is 0 Å². The molecule has 1 rings (SSSR count). The summed E-state index contributed by atoms with van der Waals surface area (Å²) in [7, 11) is 2.12. The number of rotatable bonds is 6. The zero-order valence-electron chi connectivity index (χ0n) is 9.62. The van der Waals surface area contributed by atoms with Gasteiger partial charge in [0.05, 0.1) is 11.6 Å². The van der Waals surface area contributed by atoms with Gasteiger partial charge in [-0.15, -0.1) is 0 Å². The van der Waals surface area contributed by atoms with E-state index in [1.807, 2.05) is 18.2 Å². The predicted octanol–water partition coefficient (Wildman–Crippen LogP) is 3.17. The number of alkyl halides is 1. The first-order chi connectivity index (χ1) is 7.76. The normalized spacial score (nSPS) is 10.4. The van der Waals surface area contributed by atoms with Gasteiger partial charge in [-0.25, -0.2) is 0 Å². The maximum Gasteiger partial charge on any atom is 0.0991 e. The molecule has 0 spiro atoms. The van der Waals surface area contributed by atoms with Crippen LogP contribution in [-0.4, -0.2) is 23.8 Å². The van der Waals surface area contributed by atoms with Crippen molar-refractivity contribution in [1.29, 1.82) is 5.26 Å². The van der Waals surface area contributed by atoms with Crippen molar-refractivity contribution in [3.8, 4) is 6.07 Å². The molecule has 1 aromatic carbocycles. The van der Waals surface area contributed by atoms with Crippen molar-refractivity contribution in [2.24, 2.45) is 0 Å². The molecule has 2 nitrogen and oxygen atoms in total. The first-order valence-electron chi connectivity index (χ1n) is 5.50. The summed E-state index contributed by atoms with van der Waals surface area (Å²) >= 11 is 3.43. The molecule has 0 amide bonds. The Balaban J connectivity index is 2.43. The average molecular weight is 281 g/mol. The van der Waals surface area contributed by atoms with Gasteiger partial charge in [-0.3, -0.25) is 0 Å². The highest BCUT2D eigenvalue weighted by Crippen LogP contribution is 2.07. The lowest BCUT2D eigenvalue weighted by Gasteiger charge is -2.16. The Bertz CT molecular complexity index is 357. The summed E-state index contributed by atoms with van der Waals surface area (Å²) in [6.07, 6.45) is 2.42. The first kappa shape index (κ1) is 13.2. The van der Waals surface area contributed by atoms with E-state index in [9.17, 15) is 0 Å². The summed E-state index contributed by atoms with van der Waals surface area (Å²) < 4.78 is 0. The summed E-state index contributed by atoms with van der Waals surface area (Å²) in [5.41, 5.74) is 1.95. The van der Waals surface area contributed by atoms with Crippen molar-refractivity contribution in [3.63, 3.8) is 0 Å². The zero-order chi connectivity index (χ0) is 11.8. The highest BCUT2D eigenvalue weighted by atomic mass is 79.9. The van der Waals surface area contributed by atoms with Crippen LogP contribution in [0.2, 0.25) is 0 Å². The van der Waals surface area contributed by atoms with E-state index in [0.29, 0.717) is 0 Å². The molecule has 0 bridgehead atoms. The van der Waals surface area contributed by atoms with Crippen LogP contribution >= 0.6 is 15.9 Å². The fourth-order valence-electron chi connectivity index (χ4n) is 1.61. The predicted molar refractivity (Wildman–Crippen MR) is 70.5 cm³/mol. The van der Waals surface area contributed by atoms with E-state index in [2.05, 4.69) is 40.0 Å². The molecule has 86 valence electrons. The Hall–Kier alpha value is -0.850. The van der Waals surface area contributed by atoms with E-state index in [1.54, 1.807) is 0 Å². The molecule has 0 saturated heterocycles. The molecule has 3 heteroatoms. The smallest absolute Gasteiger partial charge is 0.0991 e. The fourth-order valence-corrected chi connectivity index (χ4v) is 2.00. The molecule has 16 heavy (non-hydrogen) atoms. The number of unbranched alkanes of at least 4 members (excludes halogenated alkanes) is 1. The number of nitriles is 1. The van der Waals surface area contributed by atoms with Crippen molar-refractivity contribution in [1.82, 2.24) is 4.90 Å². The van der Waals surface area contributed by atoms with Crippen LogP contribution in [0.3, 0.4) is 0 Å². The van der Waals surface area contributed by atoms with Crippen LogP contribution in [0, 0.1) is 11.3 Å². The van der Waals surface area contributed by atoms with Crippen LogP contribution in [0.4, 0.5) is 0 Å². The summed E-state index contributed by atoms with van der Waals surface area (Å²) in [6, 6.07) is 9.99. The van der Waals surface area contributed by atoms with Crippen LogP contribution in [0.25, 0.3) is 0 Å². The molecule has 0 fully saturated rings. The van der Waals surface area contributed by atoms with Gasteiger partial charge in [0.2, 0.25) is 0 Å². The molecular formula is C13H17BrN2. The Kier molecular flexibility index (Phi) is 6.14.